The van der Waals surface area contributed by atoms with Crippen LogP contribution in [-0.4, -0.2) is 24.1 Å². The molecule has 3 nitrogen and oxygen atoms in total. The van der Waals surface area contributed by atoms with E-state index in [1.807, 2.05) is 25.3 Å². The molecule has 0 aliphatic rings. The lowest BCUT2D eigenvalue weighted by Crippen LogP contribution is -2.19. The summed E-state index contributed by atoms with van der Waals surface area (Å²) in [6, 6.07) is 0. The Labute approximate surface area is 83.8 Å². The molecule has 0 fully saturated rings. The maximum Gasteiger partial charge on any atom is 0.197 e. The second kappa shape index (κ2) is 3.64. The molecule has 0 atom stereocenters. The predicted octanol–water partition coefficient (Wildman–Crippen LogP) is 2.33. The van der Waals surface area contributed by atoms with E-state index in [1.54, 1.807) is 11.3 Å². The Morgan fingerprint density at radius 1 is 1.38 bits per heavy atom. The van der Waals surface area contributed by atoms with Gasteiger partial charge in [-0.25, -0.2) is 9.99 Å². The quantitative estimate of drug-likeness (QED) is 0.741. The Kier molecular flexibility index (Phi) is 2.93. The first-order chi connectivity index (χ1) is 5.89. The highest BCUT2D eigenvalue weighted by atomic mass is 32.1. The summed E-state index contributed by atoms with van der Waals surface area (Å²) in [5.74, 6) is 0. The van der Waals surface area contributed by atoms with E-state index >= 15 is 0 Å². The van der Waals surface area contributed by atoms with Gasteiger partial charge in [0.15, 0.2) is 5.13 Å². The zero-order chi connectivity index (χ0) is 10.1. The molecule has 0 aliphatic carbocycles. The average molecular weight is 199 g/mol. The van der Waals surface area contributed by atoms with Crippen LogP contribution in [0.1, 0.15) is 25.6 Å². The smallest absolute Gasteiger partial charge is 0.197 e. The molecule has 1 aromatic rings. The number of aromatic nitrogens is 1. The molecule has 0 amide bonds. The number of anilines is 1. The van der Waals surface area contributed by atoms with Gasteiger partial charge < -0.3 is 0 Å². The third kappa shape index (κ3) is 2.97. The van der Waals surface area contributed by atoms with Crippen LogP contribution in [0, 0.1) is 0 Å². The number of nitrogens with one attached hydrogen (secondary N) is 1. The van der Waals surface area contributed by atoms with E-state index < -0.39 is 0 Å². The maximum atomic E-state index is 4.29. The fourth-order valence-electron chi connectivity index (χ4n) is 0.864. The molecule has 0 saturated heterocycles. The van der Waals surface area contributed by atoms with Gasteiger partial charge in [0.25, 0.3) is 0 Å². The van der Waals surface area contributed by atoms with Crippen molar-refractivity contribution in [1.29, 1.82) is 0 Å². The first kappa shape index (κ1) is 10.5. The summed E-state index contributed by atoms with van der Waals surface area (Å²) in [7, 11) is 3.91. The van der Waals surface area contributed by atoms with Gasteiger partial charge in [0, 0.05) is 25.2 Å². The van der Waals surface area contributed by atoms with Crippen LogP contribution in [0.3, 0.4) is 0 Å². The van der Waals surface area contributed by atoms with E-state index in [2.05, 4.69) is 31.2 Å². The van der Waals surface area contributed by atoms with Crippen molar-refractivity contribution < 1.29 is 0 Å². The predicted molar refractivity (Wildman–Crippen MR) is 58.1 cm³/mol. The zero-order valence-corrected chi connectivity index (χ0v) is 9.70. The highest BCUT2D eigenvalue weighted by molar-refractivity contribution is 7.15. The van der Waals surface area contributed by atoms with Gasteiger partial charge in [-0.3, -0.25) is 5.43 Å². The Hall–Kier alpha value is -0.610. The van der Waals surface area contributed by atoms with E-state index in [0.29, 0.717) is 0 Å². The van der Waals surface area contributed by atoms with Crippen LogP contribution in [0.25, 0.3) is 0 Å². The van der Waals surface area contributed by atoms with Gasteiger partial charge in [-0.15, -0.1) is 11.3 Å². The van der Waals surface area contributed by atoms with Crippen molar-refractivity contribution in [3.8, 4) is 0 Å². The lowest BCUT2D eigenvalue weighted by Gasteiger charge is -2.14. The van der Waals surface area contributed by atoms with Crippen LogP contribution >= 0.6 is 11.3 Å². The number of hydrogen-bond acceptors (Lipinski definition) is 4. The summed E-state index contributed by atoms with van der Waals surface area (Å²) in [5, 5.41) is 2.85. The second-order valence-corrected chi connectivity index (χ2v) is 5.32. The molecule has 4 heteroatoms. The van der Waals surface area contributed by atoms with Crippen molar-refractivity contribution in [2.75, 3.05) is 19.5 Å². The third-order valence-electron chi connectivity index (χ3n) is 1.56. The van der Waals surface area contributed by atoms with Gasteiger partial charge >= 0.3 is 0 Å². The summed E-state index contributed by atoms with van der Waals surface area (Å²) >= 11 is 1.70. The normalized spacial score (nSPS) is 12.2. The highest BCUT2D eigenvalue weighted by Crippen LogP contribution is 2.29. The molecule has 1 heterocycles. The monoisotopic (exact) mass is 199 g/mol. The van der Waals surface area contributed by atoms with Crippen molar-refractivity contribution >= 4 is 16.5 Å². The Balaban J connectivity index is 2.75. The van der Waals surface area contributed by atoms with E-state index in [0.717, 1.165) is 5.13 Å². The van der Waals surface area contributed by atoms with Crippen LogP contribution in [0.5, 0.6) is 0 Å². The first-order valence-electron chi connectivity index (χ1n) is 4.30. The molecule has 74 valence electrons. The first-order valence-corrected chi connectivity index (χ1v) is 5.11. The van der Waals surface area contributed by atoms with Crippen LogP contribution in [0.4, 0.5) is 5.13 Å². The van der Waals surface area contributed by atoms with E-state index in [9.17, 15) is 0 Å². The average Bonchev–Trinajstić information content (AvgIpc) is 2.32. The van der Waals surface area contributed by atoms with E-state index in [1.165, 1.54) is 4.88 Å². The molecular weight excluding hydrogens is 182 g/mol. The maximum absolute atomic E-state index is 4.29. The lowest BCUT2D eigenvalue weighted by atomic mass is 9.96. The van der Waals surface area contributed by atoms with Crippen molar-refractivity contribution in [2.45, 2.75) is 26.2 Å². The van der Waals surface area contributed by atoms with Crippen molar-refractivity contribution in [3.05, 3.63) is 11.1 Å². The molecule has 0 radical (unpaired) electrons. The Bertz CT molecular complexity index is 273. The fraction of sp³-hybridized carbons (Fsp3) is 0.667. The Morgan fingerprint density at radius 3 is 2.38 bits per heavy atom. The Morgan fingerprint density at radius 2 is 2.00 bits per heavy atom. The molecule has 0 unspecified atom stereocenters. The molecule has 0 saturated carbocycles. The van der Waals surface area contributed by atoms with Gasteiger partial charge in [0.1, 0.15) is 0 Å². The number of hydrazine groups is 1. The molecule has 1 aromatic heterocycles. The highest BCUT2D eigenvalue weighted by Gasteiger charge is 2.16. The summed E-state index contributed by atoms with van der Waals surface area (Å²) in [5.41, 5.74) is 3.34. The van der Waals surface area contributed by atoms with Gasteiger partial charge in [0.2, 0.25) is 0 Å². The van der Waals surface area contributed by atoms with Crippen LogP contribution in [0.15, 0.2) is 6.20 Å². The molecule has 0 aliphatic heterocycles. The number of rotatable bonds is 2. The number of thiazole rings is 1. The number of hydrogen-bond donors (Lipinski definition) is 1. The lowest BCUT2D eigenvalue weighted by molar-refractivity contribution is 0.495. The summed E-state index contributed by atoms with van der Waals surface area (Å²) in [6.07, 6.45) is 1.94. The minimum atomic E-state index is 0.198. The molecule has 0 aromatic carbocycles. The SMILES string of the molecule is CN(C)Nc1ncc(C(C)(C)C)s1. The van der Waals surface area contributed by atoms with Crippen molar-refractivity contribution in [2.24, 2.45) is 0 Å². The topological polar surface area (TPSA) is 28.2 Å². The van der Waals surface area contributed by atoms with Crippen LogP contribution in [-0.2, 0) is 5.41 Å². The number of nitrogens with zero attached hydrogens (tertiary/aromatic N) is 2. The zero-order valence-electron chi connectivity index (χ0n) is 8.88. The van der Waals surface area contributed by atoms with Gasteiger partial charge in [-0.2, -0.15) is 0 Å². The molecule has 1 rings (SSSR count). The van der Waals surface area contributed by atoms with Crippen molar-refractivity contribution in [1.82, 2.24) is 9.99 Å². The van der Waals surface area contributed by atoms with Crippen LogP contribution < -0.4 is 5.43 Å². The molecule has 0 bridgehead atoms. The minimum Gasteiger partial charge on any atom is -0.295 e. The van der Waals surface area contributed by atoms with Crippen LogP contribution in [0.2, 0.25) is 0 Å². The standard InChI is InChI=1S/C9H17N3S/c1-9(2,3)7-6-10-8(13-7)11-12(4)5/h6H,1-5H3,(H,10,11). The molecular formula is C9H17N3S. The minimum absolute atomic E-state index is 0.198. The van der Waals surface area contributed by atoms with Gasteiger partial charge in [0.05, 0.1) is 0 Å². The second-order valence-electron chi connectivity index (χ2n) is 4.29. The molecule has 0 spiro atoms. The third-order valence-corrected chi connectivity index (χ3v) is 2.89. The van der Waals surface area contributed by atoms with Gasteiger partial charge in [-0.1, -0.05) is 20.8 Å². The molecule has 1 N–H and O–H groups in total. The summed E-state index contributed by atoms with van der Waals surface area (Å²) in [6.45, 7) is 6.58. The summed E-state index contributed by atoms with van der Waals surface area (Å²) in [4.78, 5) is 5.59. The van der Waals surface area contributed by atoms with E-state index in [4.69, 9.17) is 0 Å². The van der Waals surface area contributed by atoms with Crippen molar-refractivity contribution in [3.63, 3.8) is 0 Å². The largest absolute Gasteiger partial charge is 0.295 e. The molecule has 13 heavy (non-hydrogen) atoms. The fourth-order valence-corrected chi connectivity index (χ4v) is 1.82. The van der Waals surface area contributed by atoms with E-state index in [-0.39, 0.29) is 5.41 Å². The summed E-state index contributed by atoms with van der Waals surface area (Å²) < 4.78 is 0. The van der Waals surface area contributed by atoms with Gasteiger partial charge in [-0.05, 0) is 5.41 Å².